The van der Waals surface area contributed by atoms with Gasteiger partial charge in [0.15, 0.2) is 11.4 Å². The lowest BCUT2D eigenvalue weighted by atomic mass is 9.88. The summed E-state index contributed by atoms with van der Waals surface area (Å²) in [6.45, 7) is 8.88. The van der Waals surface area contributed by atoms with Crippen molar-refractivity contribution in [1.82, 2.24) is 0 Å². The SMILES string of the molecule is C=C(C)C(O)Cc1c(O)c(C(=O)C(C)CC)c2oc(=O)cc(-c3ccccc3)c2c1O. The summed E-state index contributed by atoms with van der Waals surface area (Å²) in [4.78, 5) is 25.5. The van der Waals surface area contributed by atoms with Crippen molar-refractivity contribution in [2.75, 3.05) is 0 Å². The van der Waals surface area contributed by atoms with Crippen molar-refractivity contribution in [3.8, 4) is 22.6 Å². The van der Waals surface area contributed by atoms with Crippen molar-refractivity contribution in [2.24, 2.45) is 5.92 Å². The van der Waals surface area contributed by atoms with E-state index in [1.165, 1.54) is 6.07 Å². The molecule has 3 rings (SSSR count). The zero-order chi connectivity index (χ0) is 22.9. The predicted octanol–water partition coefficient (Wildman–Crippen LogP) is 4.58. The lowest BCUT2D eigenvalue weighted by Crippen LogP contribution is -2.16. The second-order valence-electron chi connectivity index (χ2n) is 7.84. The third-order valence-corrected chi connectivity index (χ3v) is 5.59. The van der Waals surface area contributed by atoms with Crippen LogP contribution in [0.25, 0.3) is 22.1 Å². The Hall–Kier alpha value is -3.38. The number of Topliss-reactive ketones (excluding diaryl/α,β-unsaturated/α-hetero) is 1. The number of aromatic hydroxyl groups is 2. The summed E-state index contributed by atoms with van der Waals surface area (Å²) in [5.74, 6) is -1.72. The molecule has 2 unspecified atom stereocenters. The number of rotatable bonds is 7. The van der Waals surface area contributed by atoms with Crippen LogP contribution in [0.1, 0.15) is 43.1 Å². The second-order valence-corrected chi connectivity index (χ2v) is 7.84. The normalized spacial score (nSPS) is 13.2. The maximum Gasteiger partial charge on any atom is 0.336 e. The molecule has 0 amide bonds. The average molecular weight is 422 g/mol. The number of hydrogen-bond acceptors (Lipinski definition) is 6. The largest absolute Gasteiger partial charge is 0.507 e. The maximum atomic E-state index is 13.2. The topological polar surface area (TPSA) is 108 Å². The van der Waals surface area contributed by atoms with Crippen molar-refractivity contribution in [2.45, 2.75) is 39.7 Å². The van der Waals surface area contributed by atoms with Gasteiger partial charge in [-0.15, -0.1) is 0 Å². The summed E-state index contributed by atoms with van der Waals surface area (Å²) in [7, 11) is 0. The van der Waals surface area contributed by atoms with Gasteiger partial charge in [-0.25, -0.2) is 4.79 Å². The number of carbonyl (C=O) groups is 1. The number of aliphatic hydroxyl groups excluding tert-OH is 1. The van der Waals surface area contributed by atoms with E-state index >= 15 is 0 Å². The van der Waals surface area contributed by atoms with Crippen LogP contribution >= 0.6 is 0 Å². The van der Waals surface area contributed by atoms with E-state index in [2.05, 4.69) is 6.58 Å². The van der Waals surface area contributed by atoms with Crippen LogP contribution in [0.4, 0.5) is 0 Å². The van der Waals surface area contributed by atoms with E-state index in [0.29, 0.717) is 23.1 Å². The highest BCUT2D eigenvalue weighted by molar-refractivity contribution is 6.14. The monoisotopic (exact) mass is 422 g/mol. The number of ketones is 1. The predicted molar refractivity (Wildman–Crippen MR) is 120 cm³/mol. The van der Waals surface area contributed by atoms with Gasteiger partial charge < -0.3 is 19.7 Å². The van der Waals surface area contributed by atoms with Crippen molar-refractivity contribution in [1.29, 1.82) is 0 Å². The number of phenols is 2. The van der Waals surface area contributed by atoms with Crippen LogP contribution in [0.5, 0.6) is 11.5 Å². The van der Waals surface area contributed by atoms with Gasteiger partial charge in [-0.2, -0.15) is 0 Å². The Kier molecular flexibility index (Phi) is 6.32. The summed E-state index contributed by atoms with van der Waals surface area (Å²) in [6.07, 6.45) is -0.693. The summed E-state index contributed by atoms with van der Waals surface area (Å²) in [5, 5.41) is 32.6. The molecule has 0 aliphatic carbocycles. The minimum absolute atomic E-state index is 0.000633. The molecule has 162 valence electrons. The molecule has 0 aliphatic heterocycles. The van der Waals surface area contributed by atoms with Crippen LogP contribution in [0.2, 0.25) is 0 Å². The second kappa shape index (κ2) is 8.78. The fourth-order valence-electron chi connectivity index (χ4n) is 3.49. The van der Waals surface area contributed by atoms with Gasteiger partial charge in [0.05, 0.1) is 11.5 Å². The van der Waals surface area contributed by atoms with Gasteiger partial charge >= 0.3 is 5.63 Å². The highest BCUT2D eigenvalue weighted by atomic mass is 16.4. The van der Waals surface area contributed by atoms with Crippen LogP contribution in [0, 0.1) is 5.92 Å². The van der Waals surface area contributed by atoms with Gasteiger partial charge in [-0.05, 0) is 18.9 Å². The molecule has 0 saturated heterocycles. The van der Waals surface area contributed by atoms with E-state index in [9.17, 15) is 24.9 Å². The molecule has 6 heteroatoms. The Bertz CT molecular complexity index is 1210. The Balaban J connectivity index is 2.48. The molecule has 0 bridgehead atoms. The quantitative estimate of drug-likeness (QED) is 0.292. The molecule has 6 nitrogen and oxygen atoms in total. The third-order valence-electron chi connectivity index (χ3n) is 5.59. The van der Waals surface area contributed by atoms with Crippen molar-refractivity contribution >= 4 is 16.8 Å². The Morgan fingerprint density at radius 2 is 1.81 bits per heavy atom. The number of aliphatic hydroxyl groups is 1. The summed E-state index contributed by atoms with van der Waals surface area (Å²) in [6, 6.07) is 10.1. The summed E-state index contributed by atoms with van der Waals surface area (Å²) < 4.78 is 5.36. The maximum absolute atomic E-state index is 13.2. The molecule has 3 aromatic rings. The van der Waals surface area contributed by atoms with Gasteiger partial charge in [-0.3, -0.25) is 4.79 Å². The zero-order valence-electron chi connectivity index (χ0n) is 17.8. The molecule has 0 saturated carbocycles. The van der Waals surface area contributed by atoms with Crippen molar-refractivity contribution in [3.05, 3.63) is 70.1 Å². The van der Waals surface area contributed by atoms with E-state index in [1.807, 2.05) is 13.0 Å². The van der Waals surface area contributed by atoms with E-state index in [4.69, 9.17) is 4.42 Å². The standard InChI is InChI=1S/C25H26O6/c1-5-14(4)22(28)21-24(30)17(11-18(26)13(2)3)23(29)20-16(12-19(27)31-25(20)21)15-9-7-6-8-10-15/h6-10,12,14,18,26,29-30H,2,5,11H2,1,3-4H3. The molecule has 0 spiro atoms. The Morgan fingerprint density at radius 3 is 2.39 bits per heavy atom. The number of fused-ring (bicyclic) bond motifs is 1. The number of benzene rings is 2. The third kappa shape index (κ3) is 4.11. The first kappa shape index (κ1) is 22.3. The summed E-state index contributed by atoms with van der Waals surface area (Å²) in [5.41, 5.74) is 0.403. The van der Waals surface area contributed by atoms with E-state index in [-0.39, 0.29) is 34.3 Å². The Labute approximate surface area is 180 Å². The first-order valence-electron chi connectivity index (χ1n) is 10.1. The molecule has 31 heavy (non-hydrogen) atoms. The fraction of sp³-hybridized carbons (Fsp3) is 0.280. The van der Waals surface area contributed by atoms with E-state index in [0.717, 1.165) is 0 Å². The molecule has 3 N–H and O–H groups in total. The molecule has 1 aromatic heterocycles. The van der Waals surface area contributed by atoms with E-state index in [1.54, 1.807) is 38.1 Å². The van der Waals surface area contributed by atoms with Gasteiger partial charge in [-0.1, -0.05) is 56.3 Å². The highest BCUT2D eigenvalue weighted by Gasteiger charge is 2.30. The van der Waals surface area contributed by atoms with Crippen LogP contribution in [-0.2, 0) is 6.42 Å². The van der Waals surface area contributed by atoms with Crippen LogP contribution in [0.15, 0.2) is 57.8 Å². The smallest absolute Gasteiger partial charge is 0.336 e. The van der Waals surface area contributed by atoms with Crippen LogP contribution in [-0.4, -0.2) is 27.2 Å². The van der Waals surface area contributed by atoms with E-state index < -0.39 is 29.2 Å². The highest BCUT2D eigenvalue weighted by Crippen LogP contribution is 2.45. The van der Waals surface area contributed by atoms with Crippen molar-refractivity contribution < 1.29 is 24.5 Å². The minimum Gasteiger partial charge on any atom is -0.507 e. The van der Waals surface area contributed by atoms with Gasteiger partial charge in [0.2, 0.25) is 0 Å². The number of carbonyl (C=O) groups excluding carboxylic acids is 1. The molecule has 0 fully saturated rings. The number of hydrogen-bond donors (Lipinski definition) is 3. The first-order valence-corrected chi connectivity index (χ1v) is 10.1. The number of phenolic OH excluding ortho intramolecular Hbond substituents is 2. The molecular formula is C25H26O6. The van der Waals surface area contributed by atoms with Crippen LogP contribution < -0.4 is 5.63 Å². The summed E-state index contributed by atoms with van der Waals surface area (Å²) >= 11 is 0. The molecule has 0 radical (unpaired) electrons. The van der Waals surface area contributed by atoms with Crippen molar-refractivity contribution in [3.63, 3.8) is 0 Å². The van der Waals surface area contributed by atoms with Gasteiger partial charge in [0.25, 0.3) is 0 Å². The molecule has 2 atom stereocenters. The Morgan fingerprint density at radius 1 is 1.16 bits per heavy atom. The lowest BCUT2D eigenvalue weighted by Gasteiger charge is -2.19. The van der Waals surface area contributed by atoms with Gasteiger partial charge in [0, 0.05) is 29.5 Å². The minimum atomic E-state index is -1.04. The van der Waals surface area contributed by atoms with Gasteiger partial charge in [0.1, 0.15) is 17.1 Å². The average Bonchev–Trinajstić information content (AvgIpc) is 2.75. The van der Waals surface area contributed by atoms with Crippen LogP contribution in [0.3, 0.4) is 0 Å². The molecular weight excluding hydrogens is 396 g/mol. The zero-order valence-corrected chi connectivity index (χ0v) is 17.8. The first-order chi connectivity index (χ1) is 14.7. The fourth-order valence-corrected chi connectivity index (χ4v) is 3.49. The molecule has 1 heterocycles. The molecule has 0 aliphatic rings. The molecule has 2 aromatic carbocycles. The lowest BCUT2D eigenvalue weighted by molar-refractivity contribution is 0.0924.